The van der Waals surface area contributed by atoms with Gasteiger partial charge in [0.15, 0.2) is 11.5 Å². The quantitative estimate of drug-likeness (QED) is 0.453. The molecule has 1 aromatic rings. The number of esters is 1. The van der Waals surface area contributed by atoms with E-state index in [2.05, 4.69) is 15.0 Å². The van der Waals surface area contributed by atoms with E-state index in [-0.39, 0.29) is 17.8 Å². The first-order chi connectivity index (χ1) is 15.9. The standard InChI is InChI=1S/C25H30N2O6/c1-32-20(30)7-6-19(29)26-16-8-9-25(31)18-12-15-4-5-17(28)22-21(15)24(25,23(16)33-22)10-11-27(18)13-14-2-3-14/h4-7,14,16,18,23,28,31H,2-3,8-13H2,1H3,(H,26,29)/b7-6+. The zero-order chi connectivity index (χ0) is 23.0. The van der Waals surface area contributed by atoms with E-state index >= 15 is 0 Å². The number of nitrogens with one attached hydrogen (secondary N) is 1. The number of likely N-dealkylation sites (tertiary alicyclic amines) is 1. The molecule has 1 amide bonds. The highest BCUT2D eigenvalue weighted by atomic mass is 16.5. The van der Waals surface area contributed by atoms with E-state index in [0.29, 0.717) is 25.0 Å². The second kappa shape index (κ2) is 7.21. The highest BCUT2D eigenvalue weighted by Gasteiger charge is 2.73. The summed E-state index contributed by atoms with van der Waals surface area (Å²) in [7, 11) is 1.26. The Balaban J connectivity index is 1.38. The Morgan fingerprint density at radius 2 is 2.09 bits per heavy atom. The van der Waals surface area contributed by atoms with Crippen molar-refractivity contribution in [3.63, 3.8) is 0 Å². The smallest absolute Gasteiger partial charge is 0.330 e. The first-order valence-electron chi connectivity index (χ1n) is 11.9. The Morgan fingerprint density at radius 3 is 2.85 bits per heavy atom. The largest absolute Gasteiger partial charge is 0.504 e. The molecule has 2 saturated carbocycles. The Kier molecular flexibility index (Phi) is 4.58. The molecule has 0 radical (unpaired) electrons. The molecule has 5 unspecified atom stereocenters. The molecule has 2 bridgehead atoms. The van der Waals surface area contributed by atoms with Gasteiger partial charge in [0.05, 0.1) is 24.2 Å². The number of ether oxygens (including phenoxy) is 2. The van der Waals surface area contributed by atoms with E-state index in [1.54, 1.807) is 6.07 Å². The van der Waals surface area contributed by atoms with E-state index in [4.69, 9.17) is 4.74 Å². The van der Waals surface area contributed by atoms with Gasteiger partial charge in [0.25, 0.3) is 0 Å². The normalized spacial score (nSPS) is 36.2. The van der Waals surface area contributed by atoms with Gasteiger partial charge in [0.2, 0.25) is 5.91 Å². The van der Waals surface area contributed by atoms with Gasteiger partial charge < -0.3 is 25.0 Å². The minimum absolute atomic E-state index is 0.00295. The van der Waals surface area contributed by atoms with Crippen LogP contribution in [0, 0.1) is 5.92 Å². The molecular formula is C25H30N2O6. The molecule has 2 aliphatic heterocycles. The Bertz CT molecular complexity index is 1050. The number of piperidine rings is 1. The van der Waals surface area contributed by atoms with Crippen LogP contribution in [0.1, 0.15) is 43.2 Å². The molecule has 3 fully saturated rings. The molecule has 3 aliphatic carbocycles. The number of carbonyl (C=O) groups is 2. The number of nitrogens with zero attached hydrogens (tertiary/aromatic N) is 1. The predicted molar refractivity (Wildman–Crippen MR) is 118 cm³/mol. The second-order valence-corrected chi connectivity index (χ2v) is 10.3. The van der Waals surface area contributed by atoms with Gasteiger partial charge in [-0.3, -0.25) is 9.69 Å². The van der Waals surface area contributed by atoms with Crippen molar-refractivity contribution in [2.45, 2.75) is 67.7 Å². The number of phenolic OH excluding ortho intramolecular Hbond substituents is 1. The van der Waals surface area contributed by atoms with E-state index in [9.17, 15) is 19.8 Å². The average Bonchev–Trinajstić information content (AvgIpc) is 3.54. The van der Waals surface area contributed by atoms with Crippen molar-refractivity contribution in [2.75, 3.05) is 20.2 Å². The van der Waals surface area contributed by atoms with Crippen LogP contribution in [0.2, 0.25) is 0 Å². The zero-order valence-electron chi connectivity index (χ0n) is 18.8. The van der Waals surface area contributed by atoms with Gasteiger partial charge in [-0.1, -0.05) is 6.07 Å². The number of aliphatic hydroxyl groups is 1. The fourth-order valence-corrected chi connectivity index (χ4v) is 7.07. The van der Waals surface area contributed by atoms with Gasteiger partial charge in [-0.2, -0.15) is 0 Å². The van der Waals surface area contributed by atoms with Crippen LogP contribution in [0.5, 0.6) is 11.5 Å². The molecule has 5 atom stereocenters. The summed E-state index contributed by atoms with van der Waals surface area (Å²) in [4.78, 5) is 26.4. The topological polar surface area (TPSA) is 108 Å². The van der Waals surface area contributed by atoms with Crippen molar-refractivity contribution in [3.8, 4) is 11.5 Å². The van der Waals surface area contributed by atoms with Gasteiger partial charge in [-0.05, 0) is 62.6 Å². The van der Waals surface area contributed by atoms with E-state index in [0.717, 1.165) is 48.7 Å². The lowest BCUT2D eigenvalue weighted by Crippen LogP contribution is -2.78. The third-order valence-electron chi connectivity index (χ3n) is 8.66. The predicted octanol–water partition coefficient (Wildman–Crippen LogP) is 1.17. The fourth-order valence-electron chi connectivity index (χ4n) is 7.07. The van der Waals surface area contributed by atoms with Crippen LogP contribution in [0.15, 0.2) is 24.3 Å². The summed E-state index contributed by atoms with van der Waals surface area (Å²) < 4.78 is 11.0. The third-order valence-corrected chi connectivity index (χ3v) is 8.66. The van der Waals surface area contributed by atoms with Crippen LogP contribution in [0.4, 0.5) is 0 Å². The Labute approximate surface area is 192 Å². The van der Waals surface area contributed by atoms with Crippen molar-refractivity contribution in [1.29, 1.82) is 0 Å². The maximum absolute atomic E-state index is 12.6. The minimum Gasteiger partial charge on any atom is -0.504 e. The van der Waals surface area contributed by atoms with Crippen LogP contribution in [-0.2, 0) is 26.2 Å². The van der Waals surface area contributed by atoms with Crippen LogP contribution >= 0.6 is 0 Å². The molecule has 2 heterocycles. The van der Waals surface area contributed by atoms with E-state index in [1.165, 1.54) is 20.0 Å². The van der Waals surface area contributed by atoms with Crippen molar-refractivity contribution in [1.82, 2.24) is 10.2 Å². The SMILES string of the molecule is COC(=O)/C=C/C(=O)NC1CCC2(O)C3Cc4ccc(O)c5c4C2(CCN3CC2CC2)C1O5. The summed E-state index contributed by atoms with van der Waals surface area (Å²) >= 11 is 0. The fraction of sp³-hybridized carbons (Fsp3) is 0.600. The second-order valence-electron chi connectivity index (χ2n) is 10.3. The molecule has 1 saturated heterocycles. The van der Waals surface area contributed by atoms with Crippen LogP contribution in [0.3, 0.4) is 0 Å². The first kappa shape index (κ1) is 21.0. The molecule has 33 heavy (non-hydrogen) atoms. The summed E-state index contributed by atoms with van der Waals surface area (Å²) in [5, 5.41) is 26.0. The monoisotopic (exact) mass is 454 g/mol. The molecule has 5 aliphatic rings. The number of benzene rings is 1. The molecule has 8 heteroatoms. The van der Waals surface area contributed by atoms with Gasteiger partial charge in [0.1, 0.15) is 6.10 Å². The van der Waals surface area contributed by atoms with Gasteiger partial charge >= 0.3 is 5.97 Å². The molecule has 3 N–H and O–H groups in total. The molecule has 1 aromatic carbocycles. The Hall–Kier alpha value is -2.58. The number of aromatic hydroxyl groups is 1. The maximum Gasteiger partial charge on any atom is 0.330 e. The summed E-state index contributed by atoms with van der Waals surface area (Å²) in [6, 6.07) is 3.29. The Morgan fingerprint density at radius 1 is 1.27 bits per heavy atom. The number of carbonyl (C=O) groups excluding carboxylic acids is 2. The highest BCUT2D eigenvalue weighted by molar-refractivity contribution is 5.94. The third kappa shape index (κ3) is 2.89. The summed E-state index contributed by atoms with van der Waals surface area (Å²) in [5.41, 5.74) is 0.390. The lowest BCUT2D eigenvalue weighted by Gasteiger charge is -2.64. The number of hydrogen-bond acceptors (Lipinski definition) is 7. The summed E-state index contributed by atoms with van der Waals surface area (Å²) in [6.45, 7) is 1.88. The summed E-state index contributed by atoms with van der Waals surface area (Å²) in [5.74, 6) is 0.256. The highest BCUT2D eigenvalue weighted by Crippen LogP contribution is 2.65. The van der Waals surface area contributed by atoms with Crippen LogP contribution in [-0.4, -0.2) is 71.0 Å². The molecule has 8 nitrogen and oxygen atoms in total. The summed E-state index contributed by atoms with van der Waals surface area (Å²) in [6.07, 6.45) is 6.84. The lowest BCUT2D eigenvalue weighted by atomic mass is 9.48. The van der Waals surface area contributed by atoms with E-state index < -0.39 is 29.0 Å². The molecular weight excluding hydrogens is 424 g/mol. The van der Waals surface area contributed by atoms with Crippen LogP contribution < -0.4 is 10.1 Å². The minimum atomic E-state index is -0.986. The van der Waals surface area contributed by atoms with Crippen molar-refractivity contribution >= 4 is 11.9 Å². The first-order valence-corrected chi connectivity index (χ1v) is 11.9. The van der Waals surface area contributed by atoms with Crippen molar-refractivity contribution in [2.24, 2.45) is 5.92 Å². The maximum atomic E-state index is 12.6. The van der Waals surface area contributed by atoms with Gasteiger partial charge in [-0.15, -0.1) is 0 Å². The number of phenols is 1. The number of rotatable bonds is 5. The van der Waals surface area contributed by atoms with Crippen LogP contribution in [0.25, 0.3) is 0 Å². The lowest BCUT2D eigenvalue weighted by molar-refractivity contribution is -0.192. The van der Waals surface area contributed by atoms with Crippen molar-refractivity contribution in [3.05, 3.63) is 35.4 Å². The molecule has 1 spiro atoms. The molecule has 176 valence electrons. The molecule has 6 rings (SSSR count). The zero-order valence-corrected chi connectivity index (χ0v) is 18.8. The van der Waals surface area contributed by atoms with Gasteiger partial charge in [-0.25, -0.2) is 4.79 Å². The number of hydrogen-bond donors (Lipinski definition) is 3. The van der Waals surface area contributed by atoms with E-state index in [1.807, 2.05) is 6.07 Å². The average molecular weight is 455 g/mol. The number of methoxy groups -OCH3 is 1. The van der Waals surface area contributed by atoms with Gasteiger partial charge in [0, 0.05) is 30.3 Å². The van der Waals surface area contributed by atoms with Crippen molar-refractivity contribution < 1.29 is 29.3 Å². The number of amides is 1. The molecule has 0 aromatic heterocycles.